The molecular weight excluding hydrogens is 385 g/mol. The molecule has 2 aromatic rings. The zero-order valence-electron chi connectivity index (χ0n) is 19.1. The van der Waals surface area contributed by atoms with Crippen LogP contribution in [0.25, 0.3) is 0 Å². The van der Waals surface area contributed by atoms with Crippen LogP contribution in [0.15, 0.2) is 54.6 Å². The highest BCUT2D eigenvalue weighted by Gasteiger charge is 2.60. The van der Waals surface area contributed by atoms with Gasteiger partial charge in [0.1, 0.15) is 5.41 Å². The molecule has 5 heteroatoms. The van der Waals surface area contributed by atoms with Crippen LogP contribution in [-0.4, -0.2) is 30.3 Å². The van der Waals surface area contributed by atoms with Crippen molar-refractivity contribution in [3.05, 3.63) is 65.7 Å². The number of benzene rings is 2. The van der Waals surface area contributed by atoms with Gasteiger partial charge in [-0.3, -0.25) is 4.79 Å². The summed E-state index contributed by atoms with van der Waals surface area (Å²) in [4.78, 5) is 16.5. The fraction of sp³-hybridized carbons (Fsp3) is 0.500. The lowest BCUT2D eigenvalue weighted by Gasteiger charge is -2.32. The summed E-state index contributed by atoms with van der Waals surface area (Å²) in [7, 11) is -0.453. The molecule has 0 aromatic heterocycles. The van der Waals surface area contributed by atoms with Gasteiger partial charge in [0.2, 0.25) is 5.91 Å². The number of amides is 1. The average molecular weight is 417 g/mol. The molecule has 0 unspecified atom stereocenters. The standard InChI is InChI=1S/C26H32BNO3/c1-24(2)25(3,4)31-27(30-24)18-26(19-12-6-5-7-13-19)21-16-10-11-17-22(21)28(23(26)29)20-14-8-9-15-20/h5-7,10-13,16-17,20H,8-9,14-15,18H2,1-4H3/t26-/m0/s1. The summed E-state index contributed by atoms with van der Waals surface area (Å²) < 4.78 is 12.8. The molecule has 2 aromatic carbocycles. The van der Waals surface area contributed by atoms with Gasteiger partial charge in [-0.05, 0) is 57.7 Å². The molecule has 0 radical (unpaired) electrons. The number of hydrogen-bond donors (Lipinski definition) is 0. The van der Waals surface area contributed by atoms with Crippen LogP contribution in [0.3, 0.4) is 0 Å². The molecule has 1 amide bonds. The van der Waals surface area contributed by atoms with Crippen molar-refractivity contribution in [1.29, 1.82) is 0 Å². The first-order valence-electron chi connectivity index (χ1n) is 11.6. The summed E-state index contributed by atoms with van der Waals surface area (Å²) in [5.74, 6) is 0.168. The third kappa shape index (κ3) is 3.08. The molecular formula is C26H32BNO3. The van der Waals surface area contributed by atoms with Gasteiger partial charge in [-0.15, -0.1) is 0 Å². The van der Waals surface area contributed by atoms with Crippen molar-refractivity contribution in [2.45, 2.75) is 82.4 Å². The van der Waals surface area contributed by atoms with Crippen molar-refractivity contribution in [2.24, 2.45) is 0 Å². The average Bonchev–Trinajstić information content (AvgIpc) is 3.39. The van der Waals surface area contributed by atoms with Crippen LogP contribution in [0, 0.1) is 0 Å². The van der Waals surface area contributed by atoms with Crippen LogP contribution in [-0.2, 0) is 19.5 Å². The maximum Gasteiger partial charge on any atom is 0.459 e. The monoisotopic (exact) mass is 417 g/mol. The molecule has 5 rings (SSSR count). The van der Waals surface area contributed by atoms with Gasteiger partial charge in [0.05, 0.1) is 11.2 Å². The Balaban J connectivity index is 1.64. The predicted molar refractivity (Wildman–Crippen MR) is 124 cm³/mol. The van der Waals surface area contributed by atoms with Crippen molar-refractivity contribution in [1.82, 2.24) is 0 Å². The summed E-state index contributed by atoms with van der Waals surface area (Å²) in [6.07, 6.45) is 4.99. The molecule has 1 atom stereocenters. The van der Waals surface area contributed by atoms with E-state index in [2.05, 4.69) is 56.9 Å². The SMILES string of the molecule is CC1(C)OB(C[C@@]2(c3ccccc3)C(=O)N(C3CCCC3)c3ccccc32)OC1(C)C. The second-order valence-corrected chi connectivity index (χ2v) is 10.3. The summed E-state index contributed by atoms with van der Waals surface area (Å²) >= 11 is 0. The zero-order chi connectivity index (χ0) is 21.9. The number of para-hydroxylation sites is 1. The summed E-state index contributed by atoms with van der Waals surface area (Å²) in [6.45, 7) is 8.27. The van der Waals surface area contributed by atoms with E-state index in [0.717, 1.165) is 29.7 Å². The van der Waals surface area contributed by atoms with Crippen LogP contribution in [0.5, 0.6) is 0 Å². The maximum atomic E-state index is 14.4. The van der Waals surface area contributed by atoms with E-state index in [4.69, 9.17) is 9.31 Å². The van der Waals surface area contributed by atoms with E-state index in [1.54, 1.807) is 0 Å². The molecule has 3 aliphatic rings. The Labute approximate surface area is 186 Å². The van der Waals surface area contributed by atoms with Gasteiger partial charge in [-0.25, -0.2) is 0 Å². The lowest BCUT2D eigenvalue weighted by atomic mass is 9.61. The Hall–Kier alpha value is -2.11. The Kier molecular flexibility index (Phi) is 4.83. The van der Waals surface area contributed by atoms with Gasteiger partial charge in [-0.2, -0.15) is 0 Å². The molecule has 1 saturated carbocycles. The van der Waals surface area contributed by atoms with Gasteiger partial charge >= 0.3 is 7.12 Å². The number of nitrogens with zero attached hydrogens (tertiary/aromatic N) is 1. The van der Waals surface area contributed by atoms with Crippen LogP contribution >= 0.6 is 0 Å². The second-order valence-electron chi connectivity index (χ2n) is 10.3. The highest BCUT2D eigenvalue weighted by molar-refractivity contribution is 6.47. The first kappa shape index (κ1) is 20.8. The number of carbonyl (C=O) groups excluding carboxylic acids is 1. The molecule has 2 aliphatic heterocycles. The van der Waals surface area contributed by atoms with Crippen LogP contribution < -0.4 is 4.90 Å². The van der Waals surface area contributed by atoms with Crippen LogP contribution in [0.4, 0.5) is 5.69 Å². The third-order valence-electron chi connectivity index (χ3n) is 7.94. The van der Waals surface area contributed by atoms with E-state index in [-0.39, 0.29) is 11.9 Å². The van der Waals surface area contributed by atoms with Gasteiger partial charge in [0.25, 0.3) is 0 Å². The maximum absolute atomic E-state index is 14.4. The summed E-state index contributed by atoms with van der Waals surface area (Å²) in [5, 5.41) is 0. The number of fused-ring (bicyclic) bond motifs is 1. The van der Waals surface area contributed by atoms with Gasteiger partial charge in [0.15, 0.2) is 0 Å². The molecule has 2 fully saturated rings. The molecule has 0 spiro atoms. The largest absolute Gasteiger partial charge is 0.459 e. The Morgan fingerprint density at radius 2 is 1.48 bits per heavy atom. The molecule has 1 saturated heterocycles. The topological polar surface area (TPSA) is 38.8 Å². The van der Waals surface area contributed by atoms with Gasteiger partial charge in [0, 0.05) is 18.0 Å². The quantitative estimate of drug-likeness (QED) is 0.630. The highest BCUT2D eigenvalue weighted by Crippen LogP contribution is 2.53. The summed E-state index contributed by atoms with van der Waals surface area (Å²) in [6, 6.07) is 18.8. The number of carbonyl (C=O) groups is 1. The van der Waals surface area contributed by atoms with E-state index < -0.39 is 23.7 Å². The van der Waals surface area contributed by atoms with Crippen molar-refractivity contribution >= 4 is 18.7 Å². The highest BCUT2D eigenvalue weighted by atomic mass is 16.7. The molecule has 31 heavy (non-hydrogen) atoms. The number of rotatable bonds is 4. The predicted octanol–water partition coefficient (Wildman–Crippen LogP) is 5.35. The zero-order valence-corrected chi connectivity index (χ0v) is 19.1. The van der Waals surface area contributed by atoms with Crippen molar-refractivity contribution in [3.8, 4) is 0 Å². The lowest BCUT2D eigenvalue weighted by Crippen LogP contribution is -2.47. The second kappa shape index (κ2) is 7.21. The number of hydrogen-bond acceptors (Lipinski definition) is 3. The third-order valence-corrected chi connectivity index (χ3v) is 7.94. The van der Waals surface area contributed by atoms with Crippen molar-refractivity contribution in [3.63, 3.8) is 0 Å². The fourth-order valence-corrected chi connectivity index (χ4v) is 5.62. The fourth-order valence-electron chi connectivity index (χ4n) is 5.62. The molecule has 1 aliphatic carbocycles. The first-order chi connectivity index (χ1) is 14.8. The molecule has 4 nitrogen and oxygen atoms in total. The van der Waals surface area contributed by atoms with Gasteiger partial charge in [-0.1, -0.05) is 61.4 Å². The van der Waals surface area contributed by atoms with Gasteiger partial charge < -0.3 is 14.2 Å². The van der Waals surface area contributed by atoms with Crippen molar-refractivity contribution < 1.29 is 14.1 Å². The van der Waals surface area contributed by atoms with Crippen LogP contribution in [0.1, 0.15) is 64.5 Å². The normalized spacial score (nSPS) is 27.2. The first-order valence-corrected chi connectivity index (χ1v) is 11.6. The Bertz CT molecular complexity index is 967. The van der Waals surface area contributed by atoms with Crippen molar-refractivity contribution in [2.75, 3.05) is 4.90 Å². The minimum absolute atomic E-state index is 0.168. The van der Waals surface area contributed by atoms with E-state index in [1.165, 1.54) is 12.8 Å². The summed E-state index contributed by atoms with van der Waals surface area (Å²) in [5.41, 5.74) is 1.49. The lowest BCUT2D eigenvalue weighted by molar-refractivity contribution is -0.122. The Morgan fingerprint density at radius 3 is 2.13 bits per heavy atom. The van der Waals surface area contributed by atoms with E-state index in [0.29, 0.717) is 6.32 Å². The van der Waals surface area contributed by atoms with Crippen LogP contribution in [0.2, 0.25) is 6.32 Å². The Morgan fingerprint density at radius 1 is 0.903 bits per heavy atom. The van der Waals surface area contributed by atoms with E-state index >= 15 is 0 Å². The molecule has 0 N–H and O–H groups in total. The van der Waals surface area contributed by atoms with E-state index in [1.807, 2.05) is 30.3 Å². The molecule has 2 heterocycles. The minimum atomic E-state index is -0.804. The molecule has 162 valence electrons. The smallest absolute Gasteiger partial charge is 0.403 e. The minimum Gasteiger partial charge on any atom is -0.403 e. The van der Waals surface area contributed by atoms with E-state index in [9.17, 15) is 4.79 Å². The molecule has 0 bridgehead atoms. The number of anilines is 1.